The highest BCUT2D eigenvalue weighted by Crippen LogP contribution is 2.38. The van der Waals surface area contributed by atoms with Gasteiger partial charge in [0.1, 0.15) is 0 Å². The molecule has 0 aromatic heterocycles. The fourth-order valence-electron chi connectivity index (χ4n) is 2.47. The van der Waals surface area contributed by atoms with Crippen LogP contribution in [0.3, 0.4) is 0 Å². The minimum absolute atomic E-state index is 0.0638. The SMILES string of the molecule is COc1cc(CN[C@H](C)c2ccc(Cl)cc2Cl)cc(OC)c1OC. The second kappa shape index (κ2) is 8.47. The van der Waals surface area contributed by atoms with E-state index in [0.29, 0.717) is 33.8 Å². The standard InChI is InChI=1S/C18H21Cl2NO3/c1-11(14-6-5-13(19)9-15(14)20)21-10-12-7-16(22-2)18(24-4)17(8-12)23-3/h5-9,11,21H,10H2,1-4H3/t11-/m1/s1. The Hall–Kier alpha value is -1.62. The largest absolute Gasteiger partial charge is 0.493 e. The van der Waals surface area contributed by atoms with E-state index in [4.69, 9.17) is 37.4 Å². The lowest BCUT2D eigenvalue weighted by Gasteiger charge is -2.18. The van der Waals surface area contributed by atoms with Crippen LogP contribution >= 0.6 is 23.2 Å². The molecule has 0 aliphatic rings. The van der Waals surface area contributed by atoms with Gasteiger partial charge in [0.15, 0.2) is 11.5 Å². The van der Waals surface area contributed by atoms with Crippen LogP contribution < -0.4 is 19.5 Å². The van der Waals surface area contributed by atoms with E-state index >= 15 is 0 Å². The fraction of sp³-hybridized carbons (Fsp3) is 0.333. The molecule has 24 heavy (non-hydrogen) atoms. The lowest BCUT2D eigenvalue weighted by atomic mass is 10.1. The maximum atomic E-state index is 6.26. The van der Waals surface area contributed by atoms with Crippen LogP contribution in [0.5, 0.6) is 17.2 Å². The van der Waals surface area contributed by atoms with E-state index < -0.39 is 0 Å². The maximum Gasteiger partial charge on any atom is 0.203 e. The van der Waals surface area contributed by atoms with Crippen molar-refractivity contribution in [2.24, 2.45) is 0 Å². The molecule has 0 bridgehead atoms. The van der Waals surface area contributed by atoms with Crippen molar-refractivity contribution in [3.05, 3.63) is 51.5 Å². The predicted molar refractivity (Wildman–Crippen MR) is 97.8 cm³/mol. The molecule has 2 aromatic carbocycles. The van der Waals surface area contributed by atoms with E-state index in [1.54, 1.807) is 27.4 Å². The Morgan fingerprint density at radius 3 is 2.08 bits per heavy atom. The lowest BCUT2D eigenvalue weighted by Crippen LogP contribution is -2.18. The first-order valence-electron chi connectivity index (χ1n) is 7.47. The number of methoxy groups -OCH3 is 3. The maximum absolute atomic E-state index is 6.26. The first kappa shape index (κ1) is 18.7. The molecule has 0 aliphatic carbocycles. The van der Waals surface area contributed by atoms with Gasteiger partial charge in [0, 0.05) is 22.6 Å². The molecule has 0 heterocycles. The minimum Gasteiger partial charge on any atom is -0.493 e. The van der Waals surface area contributed by atoms with Crippen LogP contribution in [0, 0.1) is 0 Å². The Balaban J connectivity index is 2.16. The molecular weight excluding hydrogens is 349 g/mol. The third kappa shape index (κ3) is 4.26. The molecule has 130 valence electrons. The molecule has 0 saturated carbocycles. The van der Waals surface area contributed by atoms with Crippen LogP contribution in [0.4, 0.5) is 0 Å². The lowest BCUT2D eigenvalue weighted by molar-refractivity contribution is 0.323. The second-order valence-corrected chi connectivity index (χ2v) is 6.15. The predicted octanol–water partition coefficient (Wildman–Crippen LogP) is 4.87. The van der Waals surface area contributed by atoms with Crippen LogP contribution in [0.2, 0.25) is 10.0 Å². The summed E-state index contributed by atoms with van der Waals surface area (Å²) in [5, 5.41) is 4.71. The van der Waals surface area contributed by atoms with Crippen molar-refractivity contribution < 1.29 is 14.2 Å². The Morgan fingerprint density at radius 1 is 0.958 bits per heavy atom. The van der Waals surface area contributed by atoms with Gasteiger partial charge in [0.05, 0.1) is 21.3 Å². The Kier molecular flexibility index (Phi) is 6.60. The van der Waals surface area contributed by atoms with Crippen LogP contribution in [-0.4, -0.2) is 21.3 Å². The number of rotatable bonds is 7. The van der Waals surface area contributed by atoms with Gasteiger partial charge in [-0.15, -0.1) is 0 Å². The smallest absolute Gasteiger partial charge is 0.203 e. The quantitative estimate of drug-likeness (QED) is 0.755. The van der Waals surface area contributed by atoms with Gasteiger partial charge in [0.25, 0.3) is 0 Å². The molecule has 0 radical (unpaired) electrons. The molecule has 0 fully saturated rings. The molecule has 0 saturated heterocycles. The third-order valence-corrected chi connectivity index (χ3v) is 4.33. The summed E-state index contributed by atoms with van der Waals surface area (Å²) in [6, 6.07) is 9.41. The normalized spacial score (nSPS) is 11.9. The van der Waals surface area contributed by atoms with Gasteiger partial charge in [-0.05, 0) is 42.3 Å². The topological polar surface area (TPSA) is 39.7 Å². The zero-order valence-electron chi connectivity index (χ0n) is 14.2. The van der Waals surface area contributed by atoms with Crippen molar-refractivity contribution in [3.8, 4) is 17.2 Å². The monoisotopic (exact) mass is 369 g/mol. The number of ether oxygens (including phenoxy) is 3. The van der Waals surface area contributed by atoms with E-state index in [1.165, 1.54) is 0 Å². The van der Waals surface area contributed by atoms with Crippen molar-refractivity contribution in [1.82, 2.24) is 5.32 Å². The zero-order chi connectivity index (χ0) is 17.7. The first-order chi connectivity index (χ1) is 11.5. The average Bonchev–Trinajstić information content (AvgIpc) is 2.58. The highest BCUT2D eigenvalue weighted by atomic mass is 35.5. The molecule has 0 aliphatic heterocycles. The highest BCUT2D eigenvalue weighted by molar-refractivity contribution is 6.35. The van der Waals surface area contributed by atoms with Gasteiger partial charge in [-0.3, -0.25) is 0 Å². The molecule has 0 amide bonds. The van der Waals surface area contributed by atoms with Crippen molar-refractivity contribution in [2.45, 2.75) is 19.5 Å². The van der Waals surface area contributed by atoms with Gasteiger partial charge in [-0.2, -0.15) is 0 Å². The summed E-state index contributed by atoms with van der Waals surface area (Å²) in [5.74, 6) is 1.84. The molecule has 2 rings (SSSR count). The average molecular weight is 370 g/mol. The minimum atomic E-state index is 0.0638. The molecule has 0 unspecified atom stereocenters. The summed E-state index contributed by atoms with van der Waals surface area (Å²) in [6.45, 7) is 2.67. The van der Waals surface area contributed by atoms with Gasteiger partial charge in [-0.25, -0.2) is 0 Å². The van der Waals surface area contributed by atoms with E-state index in [-0.39, 0.29) is 6.04 Å². The van der Waals surface area contributed by atoms with E-state index in [1.807, 2.05) is 31.2 Å². The van der Waals surface area contributed by atoms with Crippen LogP contribution in [-0.2, 0) is 6.54 Å². The van der Waals surface area contributed by atoms with Gasteiger partial charge < -0.3 is 19.5 Å². The number of hydrogen-bond donors (Lipinski definition) is 1. The molecule has 1 atom stereocenters. The van der Waals surface area contributed by atoms with Crippen LogP contribution in [0.1, 0.15) is 24.1 Å². The Labute approximate surface area is 152 Å². The number of benzene rings is 2. The van der Waals surface area contributed by atoms with Gasteiger partial charge >= 0.3 is 0 Å². The summed E-state index contributed by atoms with van der Waals surface area (Å²) in [7, 11) is 4.79. The molecule has 2 aromatic rings. The summed E-state index contributed by atoms with van der Waals surface area (Å²) < 4.78 is 16.1. The molecular formula is C18H21Cl2NO3. The summed E-state index contributed by atoms with van der Waals surface area (Å²) in [6.07, 6.45) is 0. The van der Waals surface area contributed by atoms with Crippen molar-refractivity contribution in [1.29, 1.82) is 0 Å². The molecule has 4 nitrogen and oxygen atoms in total. The Bertz CT molecular complexity index is 682. The fourth-order valence-corrected chi connectivity index (χ4v) is 3.04. The third-order valence-electron chi connectivity index (χ3n) is 3.77. The van der Waals surface area contributed by atoms with Crippen LogP contribution in [0.25, 0.3) is 0 Å². The summed E-state index contributed by atoms with van der Waals surface area (Å²) in [4.78, 5) is 0. The first-order valence-corrected chi connectivity index (χ1v) is 8.23. The highest BCUT2D eigenvalue weighted by Gasteiger charge is 2.14. The van der Waals surface area contributed by atoms with Crippen LogP contribution in [0.15, 0.2) is 30.3 Å². The van der Waals surface area contributed by atoms with E-state index in [0.717, 1.165) is 11.1 Å². The van der Waals surface area contributed by atoms with E-state index in [9.17, 15) is 0 Å². The number of halogens is 2. The van der Waals surface area contributed by atoms with Crippen molar-refractivity contribution >= 4 is 23.2 Å². The van der Waals surface area contributed by atoms with E-state index in [2.05, 4.69) is 5.32 Å². The number of nitrogens with one attached hydrogen (secondary N) is 1. The van der Waals surface area contributed by atoms with Crippen molar-refractivity contribution in [2.75, 3.05) is 21.3 Å². The van der Waals surface area contributed by atoms with Gasteiger partial charge in [-0.1, -0.05) is 29.3 Å². The molecule has 6 heteroatoms. The summed E-state index contributed by atoms with van der Waals surface area (Å²) in [5.41, 5.74) is 2.01. The Morgan fingerprint density at radius 2 is 1.58 bits per heavy atom. The summed E-state index contributed by atoms with van der Waals surface area (Å²) >= 11 is 12.2. The number of hydrogen-bond acceptors (Lipinski definition) is 4. The van der Waals surface area contributed by atoms with Gasteiger partial charge in [0.2, 0.25) is 5.75 Å². The molecule has 0 spiro atoms. The second-order valence-electron chi connectivity index (χ2n) is 5.30. The molecule has 1 N–H and O–H groups in total. The zero-order valence-corrected chi connectivity index (χ0v) is 15.7. The van der Waals surface area contributed by atoms with Crippen molar-refractivity contribution in [3.63, 3.8) is 0 Å².